The number of aromatic amines is 1. The van der Waals surface area contributed by atoms with Crippen molar-refractivity contribution in [2.75, 3.05) is 7.11 Å². The molecule has 0 aromatic carbocycles. The molecule has 0 aliphatic rings. The lowest BCUT2D eigenvalue weighted by atomic mass is 10.0. The number of rotatable bonds is 1. The smallest absolute Gasteiger partial charge is 0.340 e. The zero-order chi connectivity index (χ0) is 12.6. The number of aromatic nitrogens is 2. The lowest BCUT2D eigenvalue weighted by molar-refractivity contribution is 0.0601. The lowest BCUT2D eigenvalue weighted by Crippen LogP contribution is -2.13. The van der Waals surface area contributed by atoms with Crippen molar-refractivity contribution >= 4 is 16.7 Å². The SMILES string of the molecule is COC(=O)c1c(C)nc(C)c2c(=O)[nH]ccc12. The Kier molecular flexibility index (Phi) is 2.67. The van der Waals surface area contributed by atoms with Gasteiger partial charge in [0.2, 0.25) is 0 Å². The third-order valence-corrected chi connectivity index (χ3v) is 2.68. The first-order valence-corrected chi connectivity index (χ1v) is 5.13. The zero-order valence-electron chi connectivity index (χ0n) is 9.83. The molecule has 1 N–H and O–H groups in total. The highest BCUT2D eigenvalue weighted by Crippen LogP contribution is 2.20. The molecule has 0 spiro atoms. The van der Waals surface area contributed by atoms with Crippen molar-refractivity contribution < 1.29 is 9.53 Å². The summed E-state index contributed by atoms with van der Waals surface area (Å²) in [5.41, 5.74) is 1.26. The van der Waals surface area contributed by atoms with Gasteiger partial charge in [-0.1, -0.05) is 0 Å². The molecule has 0 bridgehead atoms. The van der Waals surface area contributed by atoms with Gasteiger partial charge in [-0.2, -0.15) is 0 Å². The largest absolute Gasteiger partial charge is 0.465 e. The molecule has 0 fully saturated rings. The molecule has 5 nitrogen and oxygen atoms in total. The van der Waals surface area contributed by atoms with Crippen molar-refractivity contribution in [1.29, 1.82) is 0 Å². The monoisotopic (exact) mass is 232 g/mol. The Balaban J connectivity index is 2.98. The highest BCUT2D eigenvalue weighted by molar-refractivity contribution is 6.05. The van der Waals surface area contributed by atoms with E-state index in [1.807, 2.05) is 0 Å². The maximum atomic E-state index is 11.7. The molecule has 0 saturated heterocycles. The van der Waals surface area contributed by atoms with Crippen LogP contribution < -0.4 is 5.56 Å². The second-order valence-corrected chi connectivity index (χ2v) is 3.74. The molecule has 88 valence electrons. The van der Waals surface area contributed by atoms with Crippen molar-refractivity contribution in [2.24, 2.45) is 0 Å². The number of hydrogen-bond acceptors (Lipinski definition) is 4. The lowest BCUT2D eigenvalue weighted by Gasteiger charge is -2.09. The number of carbonyl (C=O) groups excluding carboxylic acids is 1. The Morgan fingerprint density at radius 1 is 1.35 bits per heavy atom. The minimum absolute atomic E-state index is 0.252. The molecule has 0 saturated carbocycles. The third-order valence-electron chi connectivity index (χ3n) is 2.68. The number of pyridine rings is 2. The van der Waals surface area contributed by atoms with Crippen LogP contribution in [0.2, 0.25) is 0 Å². The van der Waals surface area contributed by atoms with Gasteiger partial charge in [0.1, 0.15) is 0 Å². The molecule has 0 unspecified atom stereocenters. The van der Waals surface area contributed by atoms with Crippen molar-refractivity contribution in [3.05, 3.63) is 39.6 Å². The van der Waals surface area contributed by atoms with Gasteiger partial charge in [0.15, 0.2) is 0 Å². The molecule has 0 aliphatic heterocycles. The summed E-state index contributed by atoms with van der Waals surface area (Å²) in [6.45, 7) is 3.46. The van der Waals surface area contributed by atoms with Crippen LogP contribution in [0.3, 0.4) is 0 Å². The van der Waals surface area contributed by atoms with Crippen LogP contribution in [-0.2, 0) is 4.74 Å². The van der Waals surface area contributed by atoms with Gasteiger partial charge in [0, 0.05) is 11.6 Å². The number of fused-ring (bicyclic) bond motifs is 1. The molecule has 17 heavy (non-hydrogen) atoms. The molecule has 2 rings (SSSR count). The molecule has 2 aromatic heterocycles. The number of esters is 1. The Labute approximate surface area is 97.4 Å². The second-order valence-electron chi connectivity index (χ2n) is 3.74. The van der Waals surface area contributed by atoms with Crippen LogP contribution in [0, 0.1) is 13.8 Å². The fourth-order valence-electron chi connectivity index (χ4n) is 1.96. The van der Waals surface area contributed by atoms with Crippen molar-refractivity contribution in [1.82, 2.24) is 9.97 Å². The summed E-state index contributed by atoms with van der Waals surface area (Å²) in [5.74, 6) is -0.481. The number of ether oxygens (including phenoxy) is 1. The number of hydrogen-bond donors (Lipinski definition) is 1. The Bertz CT molecular complexity index is 659. The Morgan fingerprint density at radius 3 is 2.71 bits per heavy atom. The first kappa shape index (κ1) is 11.3. The molecule has 0 atom stereocenters. The minimum Gasteiger partial charge on any atom is -0.465 e. The predicted octanol–water partition coefficient (Wildman–Crippen LogP) is 1.33. The topological polar surface area (TPSA) is 72.0 Å². The van der Waals surface area contributed by atoms with Gasteiger partial charge in [-0.25, -0.2) is 4.79 Å². The maximum absolute atomic E-state index is 11.7. The average Bonchev–Trinajstić information content (AvgIpc) is 2.28. The summed E-state index contributed by atoms with van der Waals surface area (Å²) >= 11 is 0. The van der Waals surface area contributed by atoms with Gasteiger partial charge >= 0.3 is 5.97 Å². The van der Waals surface area contributed by atoms with E-state index in [2.05, 4.69) is 9.97 Å². The highest BCUT2D eigenvalue weighted by atomic mass is 16.5. The number of carbonyl (C=O) groups is 1. The fourth-order valence-corrected chi connectivity index (χ4v) is 1.96. The number of H-pyrrole nitrogens is 1. The summed E-state index contributed by atoms with van der Waals surface area (Å²) in [6.07, 6.45) is 1.51. The molecule has 0 aliphatic carbocycles. The van der Waals surface area contributed by atoms with E-state index in [0.717, 1.165) is 0 Å². The van der Waals surface area contributed by atoms with Crippen molar-refractivity contribution in [3.63, 3.8) is 0 Å². The third kappa shape index (κ3) is 1.69. The second kappa shape index (κ2) is 4.01. The van der Waals surface area contributed by atoms with Gasteiger partial charge in [0.05, 0.1) is 29.4 Å². The van der Waals surface area contributed by atoms with Gasteiger partial charge < -0.3 is 9.72 Å². The maximum Gasteiger partial charge on any atom is 0.340 e. The van der Waals surface area contributed by atoms with Gasteiger partial charge in [-0.05, 0) is 19.9 Å². The van der Waals surface area contributed by atoms with Crippen LogP contribution in [0.15, 0.2) is 17.1 Å². The van der Waals surface area contributed by atoms with E-state index in [9.17, 15) is 9.59 Å². The number of nitrogens with one attached hydrogen (secondary N) is 1. The molecular weight excluding hydrogens is 220 g/mol. The van der Waals surface area contributed by atoms with Crippen molar-refractivity contribution in [3.8, 4) is 0 Å². The van der Waals surface area contributed by atoms with Crippen LogP contribution in [0.1, 0.15) is 21.7 Å². The number of nitrogens with zero attached hydrogens (tertiary/aromatic N) is 1. The first-order valence-electron chi connectivity index (χ1n) is 5.13. The number of aryl methyl sites for hydroxylation is 2. The first-order chi connectivity index (χ1) is 8.06. The summed E-state index contributed by atoms with van der Waals surface area (Å²) in [6, 6.07) is 1.69. The molecule has 0 radical (unpaired) electrons. The summed E-state index contributed by atoms with van der Waals surface area (Å²) in [7, 11) is 1.31. The molecule has 0 amide bonds. The molecular formula is C12H12N2O3. The molecule has 2 aromatic rings. The van der Waals surface area contributed by atoms with Crippen molar-refractivity contribution in [2.45, 2.75) is 13.8 Å². The van der Waals surface area contributed by atoms with E-state index in [0.29, 0.717) is 27.7 Å². The molecule has 5 heteroatoms. The van der Waals surface area contributed by atoms with E-state index in [1.165, 1.54) is 13.3 Å². The number of methoxy groups -OCH3 is 1. The summed E-state index contributed by atoms with van der Waals surface area (Å²) in [4.78, 5) is 30.2. The van der Waals surface area contributed by atoms with E-state index in [4.69, 9.17) is 4.74 Å². The van der Waals surface area contributed by atoms with Crippen LogP contribution in [-0.4, -0.2) is 23.0 Å². The quantitative estimate of drug-likeness (QED) is 0.753. The summed E-state index contributed by atoms with van der Waals surface area (Å²) < 4.78 is 4.71. The van der Waals surface area contributed by atoms with Crippen LogP contribution in [0.5, 0.6) is 0 Å². The average molecular weight is 232 g/mol. The Hall–Kier alpha value is -2.17. The van der Waals surface area contributed by atoms with E-state index in [-0.39, 0.29) is 5.56 Å². The van der Waals surface area contributed by atoms with Gasteiger partial charge in [-0.3, -0.25) is 9.78 Å². The van der Waals surface area contributed by atoms with Crippen LogP contribution in [0.25, 0.3) is 10.8 Å². The molecule has 2 heterocycles. The fraction of sp³-hybridized carbons (Fsp3) is 0.250. The van der Waals surface area contributed by atoms with Gasteiger partial charge in [-0.15, -0.1) is 0 Å². The highest BCUT2D eigenvalue weighted by Gasteiger charge is 2.17. The van der Waals surface area contributed by atoms with E-state index >= 15 is 0 Å². The van der Waals surface area contributed by atoms with Gasteiger partial charge in [0.25, 0.3) is 5.56 Å². The van der Waals surface area contributed by atoms with E-state index in [1.54, 1.807) is 19.9 Å². The normalized spacial score (nSPS) is 10.5. The zero-order valence-corrected chi connectivity index (χ0v) is 9.83. The van der Waals surface area contributed by atoms with E-state index < -0.39 is 5.97 Å². The Morgan fingerprint density at radius 2 is 2.06 bits per heavy atom. The predicted molar refractivity (Wildman–Crippen MR) is 63.2 cm³/mol. The van der Waals surface area contributed by atoms with Crippen LogP contribution >= 0.6 is 0 Å². The minimum atomic E-state index is -0.481. The summed E-state index contributed by atoms with van der Waals surface area (Å²) in [5, 5.41) is 1.00. The van der Waals surface area contributed by atoms with Crippen LogP contribution in [0.4, 0.5) is 0 Å². The standard InChI is InChI=1S/C12H12N2O3/c1-6-9-8(4-5-13-11(9)15)10(7(2)14-6)12(16)17-3/h4-5H,1-3H3,(H,13,15).